The van der Waals surface area contributed by atoms with Crippen molar-refractivity contribution in [2.24, 2.45) is 58.2 Å². The van der Waals surface area contributed by atoms with Crippen molar-refractivity contribution in [3.8, 4) is 0 Å². The topological polar surface area (TPSA) is 20.3 Å². The van der Waals surface area contributed by atoms with E-state index in [4.69, 9.17) is 0 Å². The quantitative estimate of drug-likeness (QED) is 0.316. The fraction of sp³-hybridized carbons (Fsp3) is 0.909. The summed E-state index contributed by atoms with van der Waals surface area (Å²) in [5.74, 6) is 7.29. The standard InChI is InChI=1S/C33H57NO/c1-9-24(22(3)4)12-11-23(5)28-15-16-29-27-14-13-25-21-26(34(8)31(35)10-2)17-19-32(25,6)30(27)18-20-33(28,29)7/h10,22-30H,2,9,11-21H2,1,3-8H3/t23-,24-,25+,26+,27+,28?,29+,30+,32+,33-/m1/s1. The van der Waals surface area contributed by atoms with Gasteiger partial charge in [0.2, 0.25) is 5.91 Å². The minimum atomic E-state index is 0.102. The largest absolute Gasteiger partial charge is 0.339 e. The van der Waals surface area contributed by atoms with Crippen LogP contribution >= 0.6 is 0 Å². The summed E-state index contributed by atoms with van der Waals surface area (Å²) in [6.07, 6.45) is 18.2. The lowest BCUT2D eigenvalue weighted by Gasteiger charge is -2.61. The molecule has 0 bridgehead atoms. The Morgan fingerprint density at radius 2 is 1.66 bits per heavy atom. The molecule has 0 radical (unpaired) electrons. The summed E-state index contributed by atoms with van der Waals surface area (Å²) in [6.45, 7) is 19.0. The molecule has 0 aromatic heterocycles. The third-order valence-corrected chi connectivity index (χ3v) is 12.9. The van der Waals surface area contributed by atoms with Crippen LogP contribution in [0.3, 0.4) is 0 Å². The van der Waals surface area contributed by atoms with E-state index in [1.807, 2.05) is 11.9 Å². The van der Waals surface area contributed by atoms with Crippen molar-refractivity contribution in [2.45, 2.75) is 125 Å². The predicted octanol–water partition coefficient (Wildman–Crippen LogP) is 8.76. The smallest absolute Gasteiger partial charge is 0.245 e. The third kappa shape index (κ3) is 4.79. The van der Waals surface area contributed by atoms with Crippen molar-refractivity contribution in [3.63, 3.8) is 0 Å². The van der Waals surface area contributed by atoms with Gasteiger partial charge in [-0.25, -0.2) is 0 Å². The van der Waals surface area contributed by atoms with E-state index >= 15 is 0 Å². The van der Waals surface area contributed by atoms with Gasteiger partial charge < -0.3 is 4.90 Å². The van der Waals surface area contributed by atoms with Gasteiger partial charge in [-0.15, -0.1) is 0 Å². The Hall–Kier alpha value is -0.790. The van der Waals surface area contributed by atoms with Crippen molar-refractivity contribution >= 4 is 5.91 Å². The highest BCUT2D eigenvalue weighted by Gasteiger charge is 2.60. The Labute approximate surface area is 218 Å². The lowest BCUT2D eigenvalue weighted by molar-refractivity contribution is -0.137. The van der Waals surface area contributed by atoms with E-state index < -0.39 is 0 Å². The first-order valence-electron chi connectivity index (χ1n) is 15.5. The fourth-order valence-corrected chi connectivity index (χ4v) is 10.6. The minimum absolute atomic E-state index is 0.102. The lowest BCUT2D eigenvalue weighted by Crippen LogP contribution is -2.55. The average Bonchev–Trinajstić information content (AvgIpc) is 3.19. The molecule has 0 saturated heterocycles. The Balaban J connectivity index is 1.43. The van der Waals surface area contributed by atoms with Crippen LogP contribution in [0.4, 0.5) is 0 Å². The summed E-state index contributed by atoms with van der Waals surface area (Å²) < 4.78 is 0. The first-order chi connectivity index (χ1) is 16.6. The van der Waals surface area contributed by atoms with Gasteiger partial charge in [-0.05, 0) is 128 Å². The summed E-state index contributed by atoms with van der Waals surface area (Å²) >= 11 is 0. The van der Waals surface area contributed by atoms with Gasteiger partial charge in [-0.1, -0.05) is 61.0 Å². The number of carbonyl (C=O) groups is 1. The van der Waals surface area contributed by atoms with E-state index in [1.54, 1.807) is 0 Å². The van der Waals surface area contributed by atoms with Gasteiger partial charge in [0.1, 0.15) is 0 Å². The van der Waals surface area contributed by atoms with Crippen LogP contribution in [-0.4, -0.2) is 23.9 Å². The predicted molar refractivity (Wildman–Crippen MR) is 149 cm³/mol. The number of carbonyl (C=O) groups excluding carboxylic acids is 1. The maximum absolute atomic E-state index is 12.3. The van der Waals surface area contributed by atoms with Crippen molar-refractivity contribution in [2.75, 3.05) is 7.05 Å². The number of rotatable bonds is 8. The molecule has 0 aliphatic heterocycles. The van der Waals surface area contributed by atoms with E-state index in [0.717, 1.165) is 47.3 Å². The zero-order valence-corrected chi connectivity index (χ0v) is 24.3. The third-order valence-electron chi connectivity index (χ3n) is 12.9. The molecule has 4 rings (SSSR count). The molecule has 4 saturated carbocycles. The van der Waals surface area contributed by atoms with Crippen LogP contribution in [-0.2, 0) is 4.79 Å². The van der Waals surface area contributed by atoms with Gasteiger partial charge in [0.05, 0.1) is 0 Å². The maximum atomic E-state index is 12.3. The van der Waals surface area contributed by atoms with Crippen molar-refractivity contribution < 1.29 is 4.79 Å². The second-order valence-electron chi connectivity index (χ2n) is 14.4. The van der Waals surface area contributed by atoms with Crippen molar-refractivity contribution in [1.82, 2.24) is 4.90 Å². The Kier molecular flexibility index (Phi) is 8.20. The molecule has 0 spiro atoms. The molecule has 200 valence electrons. The fourth-order valence-electron chi connectivity index (χ4n) is 10.6. The molecule has 4 aliphatic rings. The molecule has 0 aromatic rings. The Morgan fingerprint density at radius 1 is 0.971 bits per heavy atom. The van der Waals surface area contributed by atoms with Gasteiger partial charge in [0, 0.05) is 13.1 Å². The highest BCUT2D eigenvalue weighted by molar-refractivity contribution is 5.87. The molecule has 35 heavy (non-hydrogen) atoms. The number of likely N-dealkylation sites (N-methyl/N-ethyl adjacent to an activating group) is 1. The van der Waals surface area contributed by atoms with Gasteiger partial charge in [-0.3, -0.25) is 4.79 Å². The van der Waals surface area contributed by atoms with E-state index in [2.05, 4.69) is 48.1 Å². The Morgan fingerprint density at radius 3 is 2.31 bits per heavy atom. The lowest BCUT2D eigenvalue weighted by atomic mass is 9.44. The van der Waals surface area contributed by atoms with E-state index in [-0.39, 0.29) is 5.91 Å². The van der Waals surface area contributed by atoms with Crippen LogP contribution in [0.1, 0.15) is 119 Å². The van der Waals surface area contributed by atoms with E-state index in [1.165, 1.54) is 83.1 Å². The van der Waals surface area contributed by atoms with Crippen LogP contribution in [0.5, 0.6) is 0 Å². The summed E-state index contributed by atoms with van der Waals surface area (Å²) in [6, 6.07) is 0.415. The number of amides is 1. The van der Waals surface area contributed by atoms with Crippen molar-refractivity contribution in [3.05, 3.63) is 12.7 Å². The summed E-state index contributed by atoms with van der Waals surface area (Å²) in [4.78, 5) is 14.3. The molecule has 4 aliphatic carbocycles. The molecule has 10 atom stereocenters. The van der Waals surface area contributed by atoms with Gasteiger partial charge >= 0.3 is 0 Å². The SMILES string of the molecule is C=CC(=O)N(C)[C@H]1CC[C@@]2(C)[C@@H](CC[C@@H]3[C@@H]2CC[C@]2(C)C([C@H](C)CC[C@@H](CC)C(C)C)CC[C@@H]32)C1. The highest BCUT2D eigenvalue weighted by atomic mass is 16.2. The zero-order valence-electron chi connectivity index (χ0n) is 24.3. The normalized spacial score (nSPS) is 42.5. The molecule has 1 amide bonds. The van der Waals surface area contributed by atoms with Gasteiger partial charge in [0.25, 0.3) is 0 Å². The maximum Gasteiger partial charge on any atom is 0.245 e. The molecule has 0 N–H and O–H groups in total. The number of nitrogens with zero attached hydrogens (tertiary/aromatic N) is 1. The first-order valence-corrected chi connectivity index (χ1v) is 15.5. The van der Waals surface area contributed by atoms with Crippen LogP contribution in [0.25, 0.3) is 0 Å². The molecule has 2 heteroatoms. The van der Waals surface area contributed by atoms with Gasteiger partial charge in [0.15, 0.2) is 0 Å². The summed E-state index contributed by atoms with van der Waals surface area (Å²) in [5.41, 5.74) is 1.07. The number of hydrogen-bond acceptors (Lipinski definition) is 1. The molecule has 0 heterocycles. The average molecular weight is 484 g/mol. The van der Waals surface area contributed by atoms with Gasteiger partial charge in [-0.2, -0.15) is 0 Å². The van der Waals surface area contributed by atoms with E-state index in [9.17, 15) is 4.79 Å². The number of hydrogen-bond donors (Lipinski definition) is 0. The van der Waals surface area contributed by atoms with Crippen LogP contribution in [0.2, 0.25) is 0 Å². The summed E-state index contributed by atoms with van der Waals surface area (Å²) in [5, 5.41) is 0. The van der Waals surface area contributed by atoms with Crippen molar-refractivity contribution in [1.29, 1.82) is 0 Å². The molecular weight excluding hydrogens is 426 g/mol. The Bertz CT molecular complexity index is 758. The monoisotopic (exact) mass is 483 g/mol. The molecule has 2 nitrogen and oxygen atoms in total. The second-order valence-corrected chi connectivity index (χ2v) is 14.4. The van der Waals surface area contributed by atoms with Crippen LogP contribution in [0.15, 0.2) is 12.7 Å². The highest BCUT2D eigenvalue weighted by Crippen LogP contribution is 2.68. The molecule has 4 fully saturated rings. The second kappa shape index (κ2) is 10.5. The van der Waals surface area contributed by atoms with Crippen LogP contribution < -0.4 is 0 Å². The molecule has 1 unspecified atom stereocenters. The molecular formula is C33H57NO. The minimum Gasteiger partial charge on any atom is -0.339 e. The first kappa shape index (κ1) is 27.3. The van der Waals surface area contributed by atoms with Crippen LogP contribution in [0, 0.1) is 58.2 Å². The van der Waals surface area contributed by atoms with E-state index in [0.29, 0.717) is 16.9 Å². The zero-order chi connectivity index (χ0) is 25.5. The molecule has 0 aromatic carbocycles. The summed E-state index contributed by atoms with van der Waals surface area (Å²) in [7, 11) is 2.00. The number of fused-ring (bicyclic) bond motifs is 5.